The molecule has 1 amide bonds. The Balaban J connectivity index is 1.53. The third-order valence-electron chi connectivity index (χ3n) is 6.53. The molecule has 4 rings (SSSR count). The van der Waals surface area contributed by atoms with Crippen LogP contribution in [0.4, 0.5) is 5.95 Å². The molecule has 0 unspecified atom stereocenters. The van der Waals surface area contributed by atoms with E-state index in [1.165, 1.54) is 30.4 Å². The number of amides is 1. The normalized spacial score (nSPS) is 22.1. The second-order valence-corrected chi connectivity index (χ2v) is 9.80. The third kappa shape index (κ3) is 6.20. The quantitative estimate of drug-likeness (QED) is 0.692. The van der Waals surface area contributed by atoms with Crippen LogP contribution in [0.1, 0.15) is 57.2 Å². The summed E-state index contributed by atoms with van der Waals surface area (Å²) in [6, 6.07) is 12.5. The second-order valence-electron chi connectivity index (χ2n) is 9.80. The fourth-order valence-corrected chi connectivity index (χ4v) is 5.02. The van der Waals surface area contributed by atoms with Crippen molar-refractivity contribution in [3.63, 3.8) is 0 Å². The van der Waals surface area contributed by atoms with Crippen molar-refractivity contribution >= 4 is 17.9 Å². The van der Waals surface area contributed by atoms with Gasteiger partial charge in [0, 0.05) is 50.9 Å². The maximum Gasteiger partial charge on any atom is 0.225 e. The molecule has 0 radical (unpaired) electrons. The van der Waals surface area contributed by atoms with Crippen molar-refractivity contribution in [2.75, 3.05) is 37.6 Å². The van der Waals surface area contributed by atoms with Crippen molar-refractivity contribution in [3.8, 4) is 0 Å². The zero-order chi connectivity index (χ0) is 23.2. The van der Waals surface area contributed by atoms with E-state index in [0.717, 1.165) is 44.4 Å². The second kappa shape index (κ2) is 10.9. The Labute approximate surface area is 198 Å². The molecule has 6 heteroatoms. The molecule has 3 heterocycles. The summed E-state index contributed by atoms with van der Waals surface area (Å²) in [5.41, 5.74) is 3.49. The van der Waals surface area contributed by atoms with Crippen LogP contribution in [0.2, 0.25) is 0 Å². The summed E-state index contributed by atoms with van der Waals surface area (Å²) in [4.78, 5) is 27.3. The Morgan fingerprint density at radius 3 is 2.61 bits per heavy atom. The molecule has 33 heavy (non-hydrogen) atoms. The number of anilines is 1. The molecule has 0 bridgehead atoms. The van der Waals surface area contributed by atoms with Gasteiger partial charge in [-0.25, -0.2) is 9.97 Å². The smallest absolute Gasteiger partial charge is 0.225 e. The first-order valence-corrected chi connectivity index (χ1v) is 12.3. The van der Waals surface area contributed by atoms with E-state index in [-0.39, 0.29) is 23.8 Å². The molecular formula is C27H37N5O. The molecule has 2 aliphatic heterocycles. The van der Waals surface area contributed by atoms with Crippen LogP contribution >= 0.6 is 0 Å². The van der Waals surface area contributed by atoms with Gasteiger partial charge in [-0.1, -0.05) is 42.0 Å². The molecular weight excluding hydrogens is 410 g/mol. The summed E-state index contributed by atoms with van der Waals surface area (Å²) in [6.45, 7) is 10.7. The fraction of sp³-hybridized carbons (Fsp3) is 0.519. The Kier molecular flexibility index (Phi) is 7.76. The minimum absolute atomic E-state index is 0.0693. The lowest BCUT2D eigenvalue weighted by molar-refractivity contribution is -0.125. The molecule has 0 saturated carbocycles. The van der Waals surface area contributed by atoms with Crippen LogP contribution < -0.4 is 10.2 Å². The summed E-state index contributed by atoms with van der Waals surface area (Å²) in [6.07, 6.45) is 7.76. The number of aromatic nitrogens is 2. The average Bonchev–Trinajstić information content (AvgIpc) is 3.24. The zero-order valence-electron chi connectivity index (χ0n) is 20.2. The molecule has 1 aromatic heterocycles. The van der Waals surface area contributed by atoms with Crippen LogP contribution in [-0.4, -0.2) is 59.5 Å². The van der Waals surface area contributed by atoms with Gasteiger partial charge in [0.15, 0.2) is 0 Å². The Morgan fingerprint density at radius 1 is 1.12 bits per heavy atom. The van der Waals surface area contributed by atoms with Gasteiger partial charge in [-0.3, -0.25) is 9.69 Å². The molecule has 2 saturated heterocycles. The summed E-state index contributed by atoms with van der Waals surface area (Å²) in [5, 5.41) is 3.14. The van der Waals surface area contributed by atoms with Crippen LogP contribution in [0.5, 0.6) is 0 Å². The van der Waals surface area contributed by atoms with Gasteiger partial charge in [-0.05, 0) is 51.7 Å². The highest BCUT2D eigenvalue weighted by molar-refractivity contribution is 5.80. The lowest BCUT2D eigenvalue weighted by Gasteiger charge is -2.27. The number of rotatable bonds is 7. The van der Waals surface area contributed by atoms with Crippen molar-refractivity contribution in [3.05, 3.63) is 59.4 Å². The van der Waals surface area contributed by atoms with Gasteiger partial charge in [0.2, 0.25) is 11.9 Å². The molecule has 2 fully saturated rings. The minimum atomic E-state index is -0.110. The van der Waals surface area contributed by atoms with E-state index < -0.39 is 0 Å². The molecule has 1 aromatic carbocycles. The van der Waals surface area contributed by atoms with Crippen LogP contribution in [0.25, 0.3) is 6.08 Å². The number of hydrogen-bond acceptors (Lipinski definition) is 5. The highest BCUT2D eigenvalue weighted by Gasteiger charge is 2.39. The Hall–Kier alpha value is -2.73. The first kappa shape index (κ1) is 23.4. The summed E-state index contributed by atoms with van der Waals surface area (Å²) < 4.78 is 0. The molecule has 0 spiro atoms. The SMILES string of the molecule is C/C(=C\c1ccccc1)CN1C[C@H](C(=O)NC(C)C)[C@@H](c2ccnc(N3CCCCC3)n2)C1. The predicted octanol–water partition coefficient (Wildman–Crippen LogP) is 4.11. The van der Waals surface area contributed by atoms with Crippen molar-refractivity contribution < 1.29 is 4.79 Å². The van der Waals surface area contributed by atoms with Gasteiger partial charge in [0.1, 0.15) is 0 Å². The predicted molar refractivity (Wildman–Crippen MR) is 134 cm³/mol. The fourth-order valence-electron chi connectivity index (χ4n) is 5.02. The van der Waals surface area contributed by atoms with E-state index in [4.69, 9.17) is 4.98 Å². The largest absolute Gasteiger partial charge is 0.354 e. The third-order valence-corrected chi connectivity index (χ3v) is 6.53. The maximum absolute atomic E-state index is 13.1. The number of likely N-dealkylation sites (tertiary alicyclic amines) is 1. The summed E-state index contributed by atoms with van der Waals surface area (Å²) in [7, 11) is 0. The molecule has 0 aliphatic carbocycles. The van der Waals surface area contributed by atoms with Crippen LogP contribution in [-0.2, 0) is 4.79 Å². The van der Waals surface area contributed by atoms with E-state index in [1.54, 1.807) is 0 Å². The lowest BCUT2D eigenvalue weighted by atomic mass is 9.91. The van der Waals surface area contributed by atoms with Crippen LogP contribution in [0.3, 0.4) is 0 Å². The standard InChI is InChI=1S/C27H37N5O/c1-20(2)29-26(33)24-19-31(17-21(3)16-22-10-6-4-7-11-22)18-23(24)25-12-13-28-27(30-25)32-14-8-5-9-15-32/h4,6-7,10-13,16,20,23-24H,5,8-9,14-15,17-19H2,1-3H3,(H,29,33)/b21-16+/t23-,24-/m0/s1. The van der Waals surface area contributed by atoms with Crippen molar-refractivity contribution in [2.45, 2.75) is 52.0 Å². The lowest BCUT2D eigenvalue weighted by Crippen LogP contribution is -2.38. The van der Waals surface area contributed by atoms with Gasteiger partial charge >= 0.3 is 0 Å². The zero-order valence-corrected chi connectivity index (χ0v) is 20.2. The van der Waals surface area contributed by atoms with E-state index >= 15 is 0 Å². The number of nitrogens with zero attached hydrogens (tertiary/aromatic N) is 4. The van der Waals surface area contributed by atoms with Crippen molar-refractivity contribution in [1.82, 2.24) is 20.2 Å². The number of piperidine rings is 1. The highest BCUT2D eigenvalue weighted by atomic mass is 16.2. The maximum atomic E-state index is 13.1. The molecule has 2 aliphatic rings. The molecule has 1 N–H and O–H groups in total. The van der Waals surface area contributed by atoms with E-state index in [9.17, 15) is 4.79 Å². The first-order chi connectivity index (χ1) is 16.0. The van der Waals surface area contributed by atoms with Gasteiger partial charge in [-0.15, -0.1) is 0 Å². The van der Waals surface area contributed by atoms with Gasteiger partial charge in [0.25, 0.3) is 0 Å². The molecule has 6 nitrogen and oxygen atoms in total. The van der Waals surface area contributed by atoms with Crippen molar-refractivity contribution in [1.29, 1.82) is 0 Å². The number of nitrogens with one attached hydrogen (secondary N) is 1. The van der Waals surface area contributed by atoms with Crippen LogP contribution in [0, 0.1) is 5.92 Å². The Bertz CT molecular complexity index is 952. The van der Waals surface area contributed by atoms with Gasteiger partial charge in [-0.2, -0.15) is 0 Å². The molecule has 2 atom stereocenters. The van der Waals surface area contributed by atoms with Crippen LogP contribution in [0.15, 0.2) is 48.2 Å². The monoisotopic (exact) mass is 447 g/mol. The van der Waals surface area contributed by atoms with Gasteiger partial charge < -0.3 is 10.2 Å². The summed E-state index contributed by atoms with van der Waals surface area (Å²) >= 11 is 0. The number of carbonyl (C=O) groups excluding carboxylic acids is 1. The number of carbonyl (C=O) groups is 1. The highest BCUT2D eigenvalue weighted by Crippen LogP contribution is 2.33. The Morgan fingerprint density at radius 2 is 1.88 bits per heavy atom. The van der Waals surface area contributed by atoms with Gasteiger partial charge in [0.05, 0.1) is 11.6 Å². The minimum Gasteiger partial charge on any atom is -0.354 e. The average molecular weight is 448 g/mol. The first-order valence-electron chi connectivity index (χ1n) is 12.3. The number of hydrogen-bond donors (Lipinski definition) is 1. The van der Waals surface area contributed by atoms with E-state index in [0.29, 0.717) is 0 Å². The topological polar surface area (TPSA) is 61.4 Å². The molecule has 176 valence electrons. The summed E-state index contributed by atoms with van der Waals surface area (Å²) in [5.74, 6) is 0.898. The van der Waals surface area contributed by atoms with Crippen molar-refractivity contribution in [2.24, 2.45) is 5.92 Å². The molecule has 2 aromatic rings. The van der Waals surface area contributed by atoms with E-state index in [1.807, 2.05) is 32.2 Å². The van der Waals surface area contributed by atoms with E-state index in [2.05, 4.69) is 57.4 Å². The number of benzene rings is 1.